The number of nitro benzene ring substituents is 1. The molecule has 0 amide bonds. The molecule has 0 atom stereocenters. The summed E-state index contributed by atoms with van der Waals surface area (Å²) in [4.78, 5) is 10.0. The molecule has 0 unspecified atom stereocenters. The molecule has 2 aromatic rings. The van der Waals surface area contributed by atoms with Gasteiger partial charge in [-0.15, -0.1) is 0 Å². The molecule has 0 aliphatic heterocycles. The summed E-state index contributed by atoms with van der Waals surface area (Å²) in [6.45, 7) is 0. The number of nitriles is 1. The molecule has 0 aliphatic rings. The van der Waals surface area contributed by atoms with Crippen molar-refractivity contribution >= 4 is 11.4 Å². The highest BCUT2D eigenvalue weighted by atomic mass is 16.6. The largest absolute Gasteiger partial charge is 0.294 e. The number of benzene rings is 1. The maximum atomic E-state index is 10.6. The monoisotopic (exact) mass is 228 g/mol. The molecule has 6 heteroatoms. The van der Waals surface area contributed by atoms with E-state index < -0.39 is 4.92 Å². The lowest BCUT2D eigenvalue weighted by Gasteiger charge is -2.08. The second-order valence-corrected chi connectivity index (χ2v) is 3.30. The van der Waals surface area contributed by atoms with Crippen LogP contribution < -0.4 is 5.43 Å². The first-order valence-electron chi connectivity index (χ1n) is 4.79. The molecule has 17 heavy (non-hydrogen) atoms. The Balaban J connectivity index is 2.35. The summed E-state index contributed by atoms with van der Waals surface area (Å²) in [7, 11) is 0. The highest BCUT2D eigenvalue weighted by Gasteiger charge is 2.10. The summed E-state index contributed by atoms with van der Waals surface area (Å²) >= 11 is 0. The minimum atomic E-state index is -0.527. The zero-order valence-electron chi connectivity index (χ0n) is 8.70. The predicted octanol–water partition coefficient (Wildman–Crippen LogP) is 2.14. The van der Waals surface area contributed by atoms with Crippen molar-refractivity contribution in [1.29, 1.82) is 5.26 Å². The number of nitrogens with one attached hydrogen (secondary N) is 1. The third-order valence-electron chi connectivity index (χ3n) is 2.19. The fourth-order valence-corrected chi connectivity index (χ4v) is 1.38. The van der Waals surface area contributed by atoms with Gasteiger partial charge in [-0.05, 0) is 18.2 Å². The van der Waals surface area contributed by atoms with Crippen molar-refractivity contribution in [2.75, 3.05) is 5.43 Å². The van der Waals surface area contributed by atoms with E-state index in [1.54, 1.807) is 17.1 Å². The van der Waals surface area contributed by atoms with E-state index in [1.165, 1.54) is 18.2 Å². The van der Waals surface area contributed by atoms with Gasteiger partial charge in [0.05, 0.1) is 16.2 Å². The van der Waals surface area contributed by atoms with Gasteiger partial charge in [-0.2, -0.15) is 5.26 Å². The quantitative estimate of drug-likeness (QED) is 0.644. The van der Waals surface area contributed by atoms with E-state index in [9.17, 15) is 10.1 Å². The highest BCUT2D eigenvalue weighted by Crippen LogP contribution is 2.21. The van der Waals surface area contributed by atoms with Gasteiger partial charge in [-0.3, -0.25) is 20.2 Å². The third-order valence-corrected chi connectivity index (χ3v) is 2.19. The number of nitrogens with zero attached hydrogens (tertiary/aromatic N) is 3. The molecule has 0 bridgehead atoms. The van der Waals surface area contributed by atoms with Crippen LogP contribution in [0.5, 0.6) is 0 Å². The smallest absolute Gasteiger partial charge is 0.270 e. The van der Waals surface area contributed by atoms with Crippen LogP contribution in [0.15, 0.2) is 42.7 Å². The Morgan fingerprint density at radius 3 is 2.65 bits per heavy atom. The predicted molar refractivity (Wildman–Crippen MR) is 61.3 cm³/mol. The van der Waals surface area contributed by atoms with E-state index in [0.29, 0.717) is 5.69 Å². The van der Waals surface area contributed by atoms with Gasteiger partial charge >= 0.3 is 0 Å². The topological polar surface area (TPSA) is 83.9 Å². The Labute approximate surface area is 96.8 Å². The van der Waals surface area contributed by atoms with Gasteiger partial charge < -0.3 is 0 Å². The molecule has 0 saturated heterocycles. The Kier molecular flexibility index (Phi) is 2.75. The molecule has 1 aromatic carbocycles. The second-order valence-electron chi connectivity index (χ2n) is 3.30. The Bertz CT molecular complexity index is 584. The minimum Gasteiger partial charge on any atom is -0.294 e. The molecule has 0 saturated carbocycles. The number of nitro groups is 1. The minimum absolute atomic E-state index is 0.0976. The highest BCUT2D eigenvalue weighted by molar-refractivity contribution is 5.61. The molecule has 0 spiro atoms. The van der Waals surface area contributed by atoms with Crippen molar-refractivity contribution < 1.29 is 4.92 Å². The maximum absolute atomic E-state index is 10.6. The van der Waals surface area contributed by atoms with Crippen molar-refractivity contribution in [1.82, 2.24) is 4.68 Å². The first-order chi connectivity index (χ1) is 8.20. The number of rotatable bonds is 3. The summed E-state index contributed by atoms with van der Waals surface area (Å²) in [5.74, 6) is 0. The first-order valence-corrected chi connectivity index (χ1v) is 4.79. The molecule has 0 radical (unpaired) electrons. The van der Waals surface area contributed by atoms with Gasteiger partial charge in [-0.25, -0.2) is 0 Å². The Morgan fingerprint density at radius 1 is 1.35 bits per heavy atom. The molecule has 0 aliphatic carbocycles. The van der Waals surface area contributed by atoms with Gasteiger partial charge in [0.2, 0.25) is 0 Å². The van der Waals surface area contributed by atoms with Crippen molar-refractivity contribution in [3.8, 4) is 6.07 Å². The van der Waals surface area contributed by atoms with Crippen LogP contribution in [0, 0.1) is 21.4 Å². The molecule has 0 fully saturated rings. The van der Waals surface area contributed by atoms with Crippen LogP contribution >= 0.6 is 0 Å². The summed E-state index contributed by atoms with van der Waals surface area (Å²) in [6.07, 6.45) is 3.53. The standard InChI is InChI=1S/C11H8N4O2/c12-8-9-7-10(15(16)17)3-4-11(9)13-14-5-1-2-6-14/h1-7,13H. The average molecular weight is 228 g/mol. The van der Waals surface area contributed by atoms with Crippen LogP contribution in [0.25, 0.3) is 0 Å². The summed E-state index contributed by atoms with van der Waals surface area (Å²) in [5, 5.41) is 19.5. The SMILES string of the molecule is N#Cc1cc([N+](=O)[O-])ccc1Nn1cccc1. The molecule has 2 rings (SSSR count). The molecule has 1 N–H and O–H groups in total. The Hall–Kier alpha value is -2.81. The van der Waals surface area contributed by atoms with E-state index in [1.807, 2.05) is 18.2 Å². The van der Waals surface area contributed by atoms with Crippen molar-refractivity contribution in [2.45, 2.75) is 0 Å². The number of anilines is 1. The first kappa shape index (κ1) is 10.7. The molecular weight excluding hydrogens is 220 g/mol. The Morgan fingerprint density at radius 2 is 2.06 bits per heavy atom. The van der Waals surface area contributed by atoms with E-state index in [-0.39, 0.29) is 11.3 Å². The van der Waals surface area contributed by atoms with E-state index >= 15 is 0 Å². The third kappa shape index (κ3) is 2.23. The summed E-state index contributed by atoms with van der Waals surface area (Å²) in [5.41, 5.74) is 3.60. The fraction of sp³-hybridized carbons (Fsp3) is 0. The maximum Gasteiger partial charge on any atom is 0.270 e. The van der Waals surface area contributed by atoms with Gasteiger partial charge in [0.25, 0.3) is 5.69 Å². The second kappa shape index (κ2) is 4.37. The number of hydrogen-bond acceptors (Lipinski definition) is 4. The average Bonchev–Trinajstić information content (AvgIpc) is 2.82. The van der Waals surface area contributed by atoms with Gasteiger partial charge in [0.15, 0.2) is 0 Å². The molecule has 6 nitrogen and oxygen atoms in total. The number of hydrogen-bond donors (Lipinski definition) is 1. The summed E-state index contributed by atoms with van der Waals surface area (Å²) in [6, 6.07) is 9.68. The lowest BCUT2D eigenvalue weighted by Crippen LogP contribution is -2.07. The lowest BCUT2D eigenvalue weighted by atomic mass is 10.2. The zero-order chi connectivity index (χ0) is 12.3. The molecule has 1 heterocycles. The van der Waals surface area contributed by atoms with Gasteiger partial charge in [0.1, 0.15) is 6.07 Å². The van der Waals surface area contributed by atoms with Gasteiger partial charge in [-0.1, -0.05) is 0 Å². The summed E-state index contributed by atoms with van der Waals surface area (Å²) < 4.78 is 1.65. The van der Waals surface area contributed by atoms with Crippen molar-refractivity contribution in [3.63, 3.8) is 0 Å². The van der Waals surface area contributed by atoms with E-state index in [4.69, 9.17) is 5.26 Å². The lowest BCUT2D eigenvalue weighted by molar-refractivity contribution is -0.384. The van der Waals surface area contributed by atoms with Crippen molar-refractivity contribution in [2.24, 2.45) is 0 Å². The molecular formula is C11H8N4O2. The zero-order valence-corrected chi connectivity index (χ0v) is 8.70. The van der Waals surface area contributed by atoms with Crippen LogP contribution in [0.4, 0.5) is 11.4 Å². The van der Waals surface area contributed by atoms with Gasteiger partial charge in [0, 0.05) is 24.5 Å². The molecule has 84 valence electrons. The van der Waals surface area contributed by atoms with Crippen molar-refractivity contribution in [3.05, 3.63) is 58.4 Å². The normalized spacial score (nSPS) is 9.59. The van der Waals surface area contributed by atoms with Crippen LogP contribution in [0.3, 0.4) is 0 Å². The fourth-order valence-electron chi connectivity index (χ4n) is 1.38. The van der Waals surface area contributed by atoms with E-state index in [0.717, 1.165) is 0 Å². The molecule has 1 aromatic heterocycles. The number of non-ortho nitro benzene ring substituents is 1. The number of aromatic nitrogens is 1. The van der Waals surface area contributed by atoms with Crippen LogP contribution in [-0.2, 0) is 0 Å². The van der Waals surface area contributed by atoms with Crippen LogP contribution in [0.2, 0.25) is 0 Å². The van der Waals surface area contributed by atoms with E-state index in [2.05, 4.69) is 5.43 Å². The van der Waals surface area contributed by atoms with Crippen LogP contribution in [-0.4, -0.2) is 9.60 Å². The van der Waals surface area contributed by atoms with Crippen LogP contribution in [0.1, 0.15) is 5.56 Å².